The summed E-state index contributed by atoms with van der Waals surface area (Å²) in [6.45, 7) is 2.54. The Morgan fingerprint density at radius 2 is 1.86 bits per heavy atom. The summed E-state index contributed by atoms with van der Waals surface area (Å²) in [5.74, 6) is 0.905. The molecule has 0 aliphatic carbocycles. The Morgan fingerprint density at radius 1 is 1.09 bits per heavy atom. The largest absolute Gasteiger partial charge is 0.494 e. The van der Waals surface area contributed by atoms with Gasteiger partial charge in [0.05, 0.1) is 18.6 Å². The second kappa shape index (κ2) is 11.9. The van der Waals surface area contributed by atoms with Crippen molar-refractivity contribution in [2.45, 2.75) is 13.5 Å². The van der Waals surface area contributed by atoms with Crippen LogP contribution in [0.5, 0.6) is 17.2 Å². The average molecular weight is 473 g/mol. The molecule has 0 aromatic heterocycles. The number of nitrogens with one attached hydrogen (secondary N) is 1. The Hall–Kier alpha value is -4.84. The van der Waals surface area contributed by atoms with Gasteiger partial charge in [0, 0.05) is 23.9 Å². The Kier molecular flexibility index (Phi) is 8.40. The van der Waals surface area contributed by atoms with Crippen molar-refractivity contribution in [2.24, 2.45) is 0 Å². The minimum absolute atomic E-state index is 0.00167. The van der Waals surface area contributed by atoms with Crippen LogP contribution in [0.2, 0.25) is 0 Å². The van der Waals surface area contributed by atoms with Crippen LogP contribution in [0.15, 0.2) is 72.3 Å². The van der Waals surface area contributed by atoms with Gasteiger partial charge in [-0.1, -0.05) is 12.1 Å². The number of nitro groups is 1. The van der Waals surface area contributed by atoms with Gasteiger partial charge >= 0.3 is 0 Å². The summed E-state index contributed by atoms with van der Waals surface area (Å²) in [7, 11) is 1.48. The van der Waals surface area contributed by atoms with Crippen molar-refractivity contribution in [1.82, 2.24) is 0 Å². The summed E-state index contributed by atoms with van der Waals surface area (Å²) in [6, 6.07) is 19.9. The van der Waals surface area contributed by atoms with Gasteiger partial charge in [-0.25, -0.2) is 0 Å². The SMILES string of the molecule is CCOc1cccc(NC(=O)/C(C#N)=C\c2ccc(OCc3ccc([N+](=O)[O-])cc3)c(OC)c2)c1. The van der Waals surface area contributed by atoms with E-state index in [1.165, 1.54) is 25.3 Å². The van der Waals surface area contributed by atoms with Crippen molar-refractivity contribution < 1.29 is 23.9 Å². The predicted molar refractivity (Wildman–Crippen MR) is 130 cm³/mol. The van der Waals surface area contributed by atoms with Crippen molar-refractivity contribution in [2.75, 3.05) is 19.0 Å². The van der Waals surface area contributed by atoms with E-state index in [4.69, 9.17) is 14.2 Å². The molecular weight excluding hydrogens is 450 g/mol. The number of amides is 1. The first-order valence-corrected chi connectivity index (χ1v) is 10.6. The van der Waals surface area contributed by atoms with Crippen LogP contribution in [0, 0.1) is 21.4 Å². The Morgan fingerprint density at radius 3 is 2.51 bits per heavy atom. The molecule has 0 radical (unpaired) electrons. The smallest absolute Gasteiger partial charge is 0.269 e. The first-order valence-electron chi connectivity index (χ1n) is 10.6. The van der Waals surface area contributed by atoms with E-state index in [1.807, 2.05) is 13.0 Å². The highest BCUT2D eigenvalue weighted by Crippen LogP contribution is 2.30. The number of hydrogen-bond acceptors (Lipinski definition) is 7. The van der Waals surface area contributed by atoms with Gasteiger partial charge in [0.15, 0.2) is 11.5 Å². The summed E-state index contributed by atoms with van der Waals surface area (Å²) >= 11 is 0. The van der Waals surface area contributed by atoms with E-state index < -0.39 is 10.8 Å². The van der Waals surface area contributed by atoms with Gasteiger partial charge in [0.25, 0.3) is 11.6 Å². The Labute approximate surface area is 202 Å². The molecule has 3 aromatic rings. The molecule has 1 N–H and O–H groups in total. The molecule has 0 fully saturated rings. The maximum atomic E-state index is 12.6. The molecular formula is C26H23N3O6. The molecule has 3 rings (SSSR count). The number of nitriles is 1. The summed E-state index contributed by atoms with van der Waals surface area (Å²) < 4.78 is 16.6. The summed E-state index contributed by atoms with van der Waals surface area (Å²) in [5.41, 5.74) is 1.74. The zero-order valence-corrected chi connectivity index (χ0v) is 19.2. The van der Waals surface area contributed by atoms with Gasteiger partial charge in [-0.05, 0) is 60.5 Å². The van der Waals surface area contributed by atoms with Gasteiger partial charge in [-0.2, -0.15) is 5.26 Å². The van der Waals surface area contributed by atoms with Crippen molar-refractivity contribution in [3.8, 4) is 23.3 Å². The van der Waals surface area contributed by atoms with Gasteiger partial charge in [0.1, 0.15) is 24.0 Å². The lowest BCUT2D eigenvalue weighted by Gasteiger charge is -2.12. The van der Waals surface area contributed by atoms with Crippen LogP contribution in [0.1, 0.15) is 18.1 Å². The molecule has 0 saturated heterocycles. The number of methoxy groups -OCH3 is 1. The van der Waals surface area contributed by atoms with E-state index in [0.717, 1.165) is 5.56 Å². The van der Waals surface area contributed by atoms with Crippen molar-refractivity contribution >= 4 is 23.4 Å². The lowest BCUT2D eigenvalue weighted by Crippen LogP contribution is -2.13. The molecule has 35 heavy (non-hydrogen) atoms. The molecule has 0 bridgehead atoms. The number of nitrogens with zero attached hydrogens (tertiary/aromatic N) is 2. The lowest BCUT2D eigenvalue weighted by atomic mass is 10.1. The number of hydrogen-bond donors (Lipinski definition) is 1. The molecule has 1 amide bonds. The van der Waals surface area contributed by atoms with Gasteiger partial charge in [-0.15, -0.1) is 0 Å². The summed E-state index contributed by atoms with van der Waals surface area (Å²) in [6.07, 6.45) is 1.45. The Balaban J connectivity index is 1.72. The topological polar surface area (TPSA) is 124 Å². The van der Waals surface area contributed by atoms with E-state index >= 15 is 0 Å². The molecule has 0 saturated carbocycles. The first-order chi connectivity index (χ1) is 16.9. The van der Waals surface area contributed by atoms with E-state index in [1.54, 1.807) is 54.6 Å². The number of rotatable bonds is 10. The molecule has 3 aromatic carbocycles. The highest BCUT2D eigenvalue weighted by Gasteiger charge is 2.12. The second-order valence-electron chi connectivity index (χ2n) is 7.21. The fourth-order valence-corrected chi connectivity index (χ4v) is 3.11. The normalized spacial score (nSPS) is 10.7. The molecule has 0 spiro atoms. The number of anilines is 1. The zero-order chi connectivity index (χ0) is 25.2. The van der Waals surface area contributed by atoms with Gasteiger partial charge in [-0.3, -0.25) is 14.9 Å². The zero-order valence-electron chi connectivity index (χ0n) is 19.2. The third-order valence-corrected chi connectivity index (χ3v) is 4.81. The van der Waals surface area contributed by atoms with E-state index in [9.17, 15) is 20.2 Å². The molecule has 0 aliphatic rings. The first kappa shape index (κ1) is 24.8. The van der Waals surface area contributed by atoms with Crippen LogP contribution < -0.4 is 19.5 Å². The number of non-ortho nitro benzene ring substituents is 1. The fourth-order valence-electron chi connectivity index (χ4n) is 3.11. The van der Waals surface area contributed by atoms with Crippen LogP contribution in [0.4, 0.5) is 11.4 Å². The Bertz CT molecular complexity index is 1280. The minimum Gasteiger partial charge on any atom is -0.494 e. The molecule has 178 valence electrons. The fraction of sp³-hybridized carbons (Fsp3) is 0.154. The van der Waals surface area contributed by atoms with Gasteiger partial charge in [0.2, 0.25) is 0 Å². The maximum absolute atomic E-state index is 12.6. The standard InChI is InChI=1S/C26H23N3O6/c1-3-34-23-6-4-5-21(15-23)28-26(30)20(16-27)13-19-9-12-24(25(14-19)33-2)35-17-18-7-10-22(11-8-18)29(31)32/h4-15H,3,17H2,1-2H3,(H,28,30)/b20-13-. The number of carbonyl (C=O) groups excluding carboxylic acids is 1. The van der Waals surface area contributed by atoms with Crippen LogP contribution >= 0.6 is 0 Å². The lowest BCUT2D eigenvalue weighted by molar-refractivity contribution is -0.384. The summed E-state index contributed by atoms with van der Waals surface area (Å²) in [4.78, 5) is 22.9. The quantitative estimate of drug-likeness (QED) is 0.187. The van der Waals surface area contributed by atoms with Crippen LogP contribution in [0.25, 0.3) is 6.08 Å². The highest BCUT2D eigenvalue weighted by atomic mass is 16.6. The highest BCUT2D eigenvalue weighted by molar-refractivity contribution is 6.09. The second-order valence-corrected chi connectivity index (χ2v) is 7.21. The van der Waals surface area contributed by atoms with Crippen molar-refractivity contribution in [3.63, 3.8) is 0 Å². The number of benzene rings is 3. The third kappa shape index (κ3) is 6.82. The molecule has 9 nitrogen and oxygen atoms in total. The number of ether oxygens (including phenoxy) is 3. The van der Waals surface area contributed by atoms with E-state index in [0.29, 0.717) is 35.1 Å². The van der Waals surface area contributed by atoms with Crippen molar-refractivity contribution in [3.05, 3.63) is 93.5 Å². The van der Waals surface area contributed by atoms with Crippen LogP contribution in [-0.4, -0.2) is 24.5 Å². The predicted octanol–water partition coefficient (Wildman–Crippen LogP) is 5.13. The maximum Gasteiger partial charge on any atom is 0.269 e. The van der Waals surface area contributed by atoms with E-state index in [-0.39, 0.29) is 17.9 Å². The average Bonchev–Trinajstić information content (AvgIpc) is 2.86. The number of nitro benzene ring substituents is 1. The van der Waals surface area contributed by atoms with Crippen LogP contribution in [-0.2, 0) is 11.4 Å². The molecule has 0 unspecified atom stereocenters. The van der Waals surface area contributed by atoms with E-state index in [2.05, 4.69) is 5.32 Å². The third-order valence-electron chi connectivity index (χ3n) is 4.81. The number of carbonyl (C=O) groups is 1. The van der Waals surface area contributed by atoms with Crippen molar-refractivity contribution in [1.29, 1.82) is 5.26 Å². The van der Waals surface area contributed by atoms with Crippen LogP contribution in [0.3, 0.4) is 0 Å². The monoisotopic (exact) mass is 473 g/mol. The minimum atomic E-state index is -0.557. The van der Waals surface area contributed by atoms with Gasteiger partial charge < -0.3 is 19.5 Å². The molecule has 0 heterocycles. The molecule has 9 heteroatoms. The molecule has 0 aliphatic heterocycles. The summed E-state index contributed by atoms with van der Waals surface area (Å²) in [5, 5.41) is 23.0. The molecule has 0 atom stereocenters.